The van der Waals surface area contributed by atoms with Crippen LogP contribution in [0.1, 0.15) is 41.6 Å². The third-order valence-electron chi connectivity index (χ3n) is 6.55. The van der Waals surface area contributed by atoms with Crippen LogP contribution in [-0.2, 0) is 30.5 Å². The van der Waals surface area contributed by atoms with E-state index in [9.17, 15) is 4.79 Å². The van der Waals surface area contributed by atoms with Gasteiger partial charge in [0.1, 0.15) is 21.8 Å². The van der Waals surface area contributed by atoms with Crippen molar-refractivity contribution < 1.29 is 4.79 Å². The fraction of sp³-hybridized carbons (Fsp3) is 0.480. The van der Waals surface area contributed by atoms with E-state index >= 15 is 0 Å². The van der Waals surface area contributed by atoms with Crippen LogP contribution in [-0.4, -0.2) is 52.3 Å². The number of aromatic nitrogens is 2. The van der Waals surface area contributed by atoms with E-state index in [-0.39, 0.29) is 5.91 Å². The van der Waals surface area contributed by atoms with E-state index in [1.807, 2.05) is 16.2 Å². The molecular formula is C25H29ClN4OS. The number of piperazine rings is 1. The molecule has 2 aromatic heterocycles. The Morgan fingerprint density at radius 3 is 2.56 bits per heavy atom. The molecule has 32 heavy (non-hydrogen) atoms. The Labute approximate surface area is 198 Å². The molecule has 0 radical (unpaired) electrons. The SMILES string of the molecule is CC(Cl)C(=O)N1CCN(c2nc(CCc3ccccc3)nc3sc4c(c23)CCCC4)CC1. The standard InChI is InChI=1S/C25H29ClN4OS/c1-17(26)25(31)30-15-13-29(14-16-30)23-22-19-9-5-6-10-20(19)32-24(22)28-21(27-23)12-11-18-7-3-2-4-8-18/h2-4,7-8,17H,5-6,9-16H2,1H3. The van der Waals surface area contributed by atoms with Crippen molar-refractivity contribution in [2.24, 2.45) is 0 Å². The topological polar surface area (TPSA) is 49.3 Å². The predicted molar refractivity (Wildman–Crippen MR) is 132 cm³/mol. The summed E-state index contributed by atoms with van der Waals surface area (Å²) in [6.07, 6.45) is 6.55. The normalized spacial score (nSPS) is 17.4. The Bertz CT molecular complexity index is 1110. The number of hydrogen-bond donors (Lipinski definition) is 0. The van der Waals surface area contributed by atoms with Crippen molar-refractivity contribution in [3.8, 4) is 0 Å². The molecule has 5 nitrogen and oxygen atoms in total. The van der Waals surface area contributed by atoms with Crippen molar-refractivity contribution >= 4 is 44.9 Å². The summed E-state index contributed by atoms with van der Waals surface area (Å²) < 4.78 is 0. The maximum absolute atomic E-state index is 12.3. The van der Waals surface area contributed by atoms with Crippen LogP contribution in [0.25, 0.3) is 10.2 Å². The highest BCUT2D eigenvalue weighted by molar-refractivity contribution is 7.19. The molecule has 1 aromatic carbocycles. The fourth-order valence-electron chi connectivity index (χ4n) is 4.81. The number of hydrogen-bond acceptors (Lipinski definition) is 5. The largest absolute Gasteiger partial charge is 0.352 e. The van der Waals surface area contributed by atoms with Crippen LogP contribution >= 0.6 is 22.9 Å². The molecule has 3 aromatic rings. The second-order valence-corrected chi connectivity index (χ2v) is 10.5. The predicted octanol–water partition coefficient (Wildman–Crippen LogP) is 4.63. The number of halogens is 1. The van der Waals surface area contributed by atoms with Gasteiger partial charge in [-0.3, -0.25) is 4.79 Å². The van der Waals surface area contributed by atoms with E-state index in [4.69, 9.17) is 21.6 Å². The summed E-state index contributed by atoms with van der Waals surface area (Å²) in [5, 5.41) is 0.791. The second-order valence-electron chi connectivity index (χ2n) is 8.77. The summed E-state index contributed by atoms with van der Waals surface area (Å²) in [5.41, 5.74) is 2.78. The van der Waals surface area contributed by atoms with Gasteiger partial charge in [-0.1, -0.05) is 30.3 Å². The number of anilines is 1. The molecular weight excluding hydrogens is 440 g/mol. The van der Waals surface area contributed by atoms with Gasteiger partial charge in [-0.05, 0) is 50.2 Å². The number of alkyl halides is 1. The van der Waals surface area contributed by atoms with Gasteiger partial charge in [-0.15, -0.1) is 22.9 Å². The Balaban J connectivity index is 1.45. The monoisotopic (exact) mass is 468 g/mol. The average Bonchev–Trinajstić information content (AvgIpc) is 3.21. The van der Waals surface area contributed by atoms with Gasteiger partial charge in [0.05, 0.1) is 5.39 Å². The lowest BCUT2D eigenvalue weighted by Crippen LogP contribution is -2.50. The Kier molecular flexibility index (Phi) is 6.33. The molecule has 5 rings (SSSR count). The molecule has 0 N–H and O–H groups in total. The number of benzene rings is 1. The minimum Gasteiger partial charge on any atom is -0.352 e. The zero-order chi connectivity index (χ0) is 22.1. The first-order valence-electron chi connectivity index (χ1n) is 11.6. The number of aryl methyl sites for hydroxylation is 4. The number of carbonyl (C=O) groups excluding carboxylic acids is 1. The first-order chi connectivity index (χ1) is 15.6. The van der Waals surface area contributed by atoms with Crippen molar-refractivity contribution in [2.75, 3.05) is 31.1 Å². The van der Waals surface area contributed by atoms with Gasteiger partial charge in [0.15, 0.2) is 0 Å². The van der Waals surface area contributed by atoms with Crippen LogP contribution in [0.2, 0.25) is 0 Å². The summed E-state index contributed by atoms with van der Waals surface area (Å²) in [7, 11) is 0. The van der Waals surface area contributed by atoms with E-state index in [2.05, 4.69) is 35.2 Å². The summed E-state index contributed by atoms with van der Waals surface area (Å²) in [5.74, 6) is 2.02. The molecule has 1 amide bonds. The third kappa shape index (κ3) is 4.35. The molecule has 0 spiro atoms. The number of carbonyl (C=O) groups is 1. The lowest BCUT2D eigenvalue weighted by Gasteiger charge is -2.36. The smallest absolute Gasteiger partial charge is 0.240 e. The zero-order valence-electron chi connectivity index (χ0n) is 18.5. The van der Waals surface area contributed by atoms with Crippen LogP contribution in [0.5, 0.6) is 0 Å². The van der Waals surface area contributed by atoms with Crippen molar-refractivity contribution in [1.82, 2.24) is 14.9 Å². The average molecular weight is 469 g/mol. The van der Waals surface area contributed by atoms with Gasteiger partial charge in [0.25, 0.3) is 0 Å². The molecule has 7 heteroatoms. The molecule has 0 saturated carbocycles. The molecule has 3 heterocycles. The number of thiophene rings is 1. The number of amides is 1. The highest BCUT2D eigenvalue weighted by Gasteiger charge is 2.28. The van der Waals surface area contributed by atoms with Crippen LogP contribution in [0, 0.1) is 0 Å². The Morgan fingerprint density at radius 1 is 1.06 bits per heavy atom. The summed E-state index contributed by atoms with van der Waals surface area (Å²) in [6.45, 7) is 4.69. The van der Waals surface area contributed by atoms with Crippen molar-refractivity contribution in [3.05, 3.63) is 52.2 Å². The first kappa shape index (κ1) is 21.7. The molecule has 1 atom stereocenters. The lowest BCUT2D eigenvalue weighted by molar-refractivity contribution is -0.130. The number of fused-ring (bicyclic) bond motifs is 3. The molecule has 1 unspecified atom stereocenters. The van der Waals surface area contributed by atoms with E-state index < -0.39 is 5.38 Å². The summed E-state index contributed by atoms with van der Waals surface area (Å²) >= 11 is 7.90. The van der Waals surface area contributed by atoms with Gasteiger partial charge < -0.3 is 9.80 Å². The Morgan fingerprint density at radius 2 is 1.81 bits per heavy atom. The third-order valence-corrected chi connectivity index (χ3v) is 7.93. The van der Waals surface area contributed by atoms with Gasteiger partial charge in [0, 0.05) is 37.5 Å². The van der Waals surface area contributed by atoms with Crippen LogP contribution in [0.15, 0.2) is 30.3 Å². The van der Waals surface area contributed by atoms with Crippen LogP contribution in [0.4, 0.5) is 5.82 Å². The molecule has 1 aliphatic heterocycles. The highest BCUT2D eigenvalue weighted by atomic mass is 35.5. The van der Waals surface area contributed by atoms with Crippen molar-refractivity contribution in [3.63, 3.8) is 0 Å². The highest BCUT2D eigenvalue weighted by Crippen LogP contribution is 2.40. The van der Waals surface area contributed by atoms with E-state index in [0.717, 1.165) is 55.2 Å². The second kappa shape index (κ2) is 9.36. The van der Waals surface area contributed by atoms with Gasteiger partial charge in [0.2, 0.25) is 5.91 Å². The maximum atomic E-state index is 12.3. The van der Waals surface area contributed by atoms with E-state index in [1.165, 1.54) is 34.2 Å². The maximum Gasteiger partial charge on any atom is 0.240 e. The van der Waals surface area contributed by atoms with Crippen LogP contribution in [0.3, 0.4) is 0 Å². The molecule has 0 bridgehead atoms. The van der Waals surface area contributed by atoms with Gasteiger partial charge >= 0.3 is 0 Å². The number of rotatable bonds is 5. The first-order valence-corrected chi connectivity index (χ1v) is 12.9. The van der Waals surface area contributed by atoms with Gasteiger partial charge in [-0.25, -0.2) is 9.97 Å². The Hall–Kier alpha value is -2.18. The molecule has 1 aliphatic carbocycles. The summed E-state index contributed by atoms with van der Waals surface area (Å²) in [4.78, 5) is 29.3. The molecule has 2 aliphatic rings. The van der Waals surface area contributed by atoms with Gasteiger partial charge in [-0.2, -0.15) is 0 Å². The zero-order valence-corrected chi connectivity index (χ0v) is 20.1. The van der Waals surface area contributed by atoms with Crippen LogP contribution < -0.4 is 4.90 Å². The number of nitrogens with zero attached hydrogens (tertiary/aromatic N) is 4. The minimum atomic E-state index is -0.471. The lowest BCUT2D eigenvalue weighted by atomic mass is 9.96. The van der Waals surface area contributed by atoms with E-state index in [1.54, 1.807) is 6.92 Å². The van der Waals surface area contributed by atoms with Crippen molar-refractivity contribution in [1.29, 1.82) is 0 Å². The fourth-order valence-corrected chi connectivity index (χ4v) is 6.23. The molecule has 168 valence electrons. The quantitative estimate of drug-likeness (QED) is 0.512. The molecule has 1 fully saturated rings. The van der Waals surface area contributed by atoms with Crippen molar-refractivity contribution in [2.45, 2.75) is 50.8 Å². The minimum absolute atomic E-state index is 0.0237. The summed E-state index contributed by atoms with van der Waals surface area (Å²) in [6, 6.07) is 10.5. The molecule has 1 saturated heterocycles. The van der Waals surface area contributed by atoms with E-state index in [0.29, 0.717) is 13.1 Å².